The van der Waals surface area contributed by atoms with E-state index >= 15 is 0 Å². The largest absolute Gasteiger partial charge is 0.338 e. The Morgan fingerprint density at radius 2 is 1.78 bits per heavy atom. The summed E-state index contributed by atoms with van der Waals surface area (Å²) in [7, 11) is 0. The third-order valence-corrected chi connectivity index (χ3v) is 5.00. The number of hydrogen-bond acceptors (Lipinski definition) is 2. The molecule has 0 bridgehead atoms. The zero-order chi connectivity index (χ0) is 19.2. The third-order valence-electron chi connectivity index (χ3n) is 4.75. The summed E-state index contributed by atoms with van der Waals surface area (Å²) in [6.07, 6.45) is 2.03. The maximum absolute atomic E-state index is 12.2. The second-order valence-corrected chi connectivity index (χ2v) is 7.37. The highest BCUT2D eigenvalue weighted by atomic mass is 35.5. The molecular weight excluding hydrogens is 362 g/mol. The van der Waals surface area contributed by atoms with Gasteiger partial charge in [-0.3, -0.25) is 4.79 Å². The van der Waals surface area contributed by atoms with E-state index in [0.717, 1.165) is 30.5 Å². The number of halogens is 1. The predicted molar refractivity (Wildman–Crippen MR) is 108 cm³/mol. The molecule has 0 aliphatic carbocycles. The lowest BCUT2D eigenvalue weighted by Gasteiger charge is -2.30. The molecule has 3 rings (SSSR count). The van der Waals surface area contributed by atoms with Crippen molar-refractivity contribution in [2.45, 2.75) is 32.9 Å². The number of carbonyl (C=O) groups excluding carboxylic acids is 2. The van der Waals surface area contributed by atoms with Crippen LogP contribution in [-0.4, -0.2) is 23.4 Å². The van der Waals surface area contributed by atoms with Crippen molar-refractivity contribution in [1.82, 2.24) is 10.2 Å². The van der Waals surface area contributed by atoms with E-state index in [0.29, 0.717) is 23.8 Å². The van der Waals surface area contributed by atoms with Crippen molar-refractivity contribution >= 4 is 29.2 Å². The first-order valence-corrected chi connectivity index (χ1v) is 9.56. The molecule has 2 aromatic carbocycles. The maximum atomic E-state index is 12.2. The third kappa shape index (κ3) is 5.47. The molecule has 1 atom stereocenters. The molecule has 3 amide bonds. The average molecular weight is 386 g/mol. The molecule has 0 saturated carbocycles. The first kappa shape index (κ1) is 19.2. The highest BCUT2D eigenvalue weighted by Gasteiger charge is 2.24. The number of urea groups is 1. The van der Waals surface area contributed by atoms with Crippen molar-refractivity contribution in [3.05, 3.63) is 64.7 Å². The van der Waals surface area contributed by atoms with Crippen LogP contribution in [0.15, 0.2) is 48.5 Å². The van der Waals surface area contributed by atoms with E-state index in [-0.39, 0.29) is 17.9 Å². The van der Waals surface area contributed by atoms with Crippen LogP contribution in [-0.2, 0) is 17.9 Å². The molecular formula is C21H24ClN3O2. The average Bonchev–Trinajstić information content (AvgIpc) is 2.66. The van der Waals surface area contributed by atoms with Gasteiger partial charge in [0.25, 0.3) is 0 Å². The smallest absolute Gasteiger partial charge is 0.319 e. The topological polar surface area (TPSA) is 61.4 Å². The standard InChI is InChI=1S/C21H24ClN3O2/c1-15-3-2-12-25(20(15)26)14-17-6-10-19(11-7-17)24-21(27)23-13-16-4-8-18(22)9-5-16/h4-11,15H,2-3,12-14H2,1H3,(H2,23,24,27). The number of anilines is 1. The van der Waals surface area contributed by atoms with Gasteiger partial charge in [0.1, 0.15) is 0 Å². The van der Waals surface area contributed by atoms with Crippen LogP contribution in [0, 0.1) is 5.92 Å². The van der Waals surface area contributed by atoms with Crippen LogP contribution in [0.3, 0.4) is 0 Å². The molecule has 6 heteroatoms. The minimum absolute atomic E-state index is 0.115. The lowest BCUT2D eigenvalue weighted by atomic mass is 9.98. The predicted octanol–water partition coefficient (Wildman–Crippen LogP) is 4.42. The Kier molecular flexibility index (Phi) is 6.35. The minimum atomic E-state index is -0.266. The fraction of sp³-hybridized carbons (Fsp3) is 0.333. The summed E-state index contributed by atoms with van der Waals surface area (Å²) in [5.74, 6) is 0.342. The van der Waals surface area contributed by atoms with Gasteiger partial charge in [-0.05, 0) is 48.2 Å². The highest BCUT2D eigenvalue weighted by molar-refractivity contribution is 6.30. The van der Waals surface area contributed by atoms with Gasteiger partial charge in [-0.15, -0.1) is 0 Å². The summed E-state index contributed by atoms with van der Waals surface area (Å²) >= 11 is 5.85. The number of piperidine rings is 1. The fourth-order valence-corrected chi connectivity index (χ4v) is 3.29. The number of nitrogens with zero attached hydrogens (tertiary/aromatic N) is 1. The van der Waals surface area contributed by atoms with Gasteiger partial charge < -0.3 is 15.5 Å². The quantitative estimate of drug-likeness (QED) is 0.800. The molecule has 1 aliphatic heterocycles. The fourth-order valence-electron chi connectivity index (χ4n) is 3.16. The first-order valence-electron chi connectivity index (χ1n) is 9.18. The van der Waals surface area contributed by atoms with Gasteiger partial charge in [0.2, 0.25) is 5.91 Å². The lowest BCUT2D eigenvalue weighted by Crippen LogP contribution is -2.39. The summed E-state index contributed by atoms with van der Waals surface area (Å²) in [5.41, 5.74) is 2.75. The summed E-state index contributed by atoms with van der Waals surface area (Å²) in [5, 5.41) is 6.30. The normalized spacial score (nSPS) is 16.9. The lowest BCUT2D eigenvalue weighted by molar-refractivity contribution is -0.138. The van der Waals surface area contributed by atoms with E-state index in [9.17, 15) is 9.59 Å². The molecule has 27 heavy (non-hydrogen) atoms. The highest BCUT2D eigenvalue weighted by Crippen LogP contribution is 2.20. The van der Waals surface area contributed by atoms with Crippen LogP contribution in [0.5, 0.6) is 0 Å². The van der Waals surface area contributed by atoms with E-state index in [1.54, 1.807) is 12.1 Å². The monoisotopic (exact) mass is 385 g/mol. The molecule has 2 aromatic rings. The summed E-state index contributed by atoms with van der Waals surface area (Å²) < 4.78 is 0. The van der Waals surface area contributed by atoms with E-state index < -0.39 is 0 Å². The molecule has 2 N–H and O–H groups in total. The molecule has 0 spiro atoms. The van der Waals surface area contributed by atoms with Crippen LogP contribution in [0.25, 0.3) is 0 Å². The Bertz CT molecular complexity index is 790. The first-order chi connectivity index (χ1) is 13.0. The van der Waals surface area contributed by atoms with Crippen molar-refractivity contribution in [3.8, 4) is 0 Å². The molecule has 1 aliphatic rings. The second-order valence-electron chi connectivity index (χ2n) is 6.93. The summed E-state index contributed by atoms with van der Waals surface area (Å²) in [4.78, 5) is 26.1. The Balaban J connectivity index is 1.49. The van der Waals surface area contributed by atoms with Crippen molar-refractivity contribution in [3.63, 3.8) is 0 Å². The Morgan fingerprint density at radius 3 is 2.48 bits per heavy atom. The van der Waals surface area contributed by atoms with Crippen LogP contribution >= 0.6 is 11.6 Å². The Morgan fingerprint density at radius 1 is 1.11 bits per heavy atom. The van der Waals surface area contributed by atoms with Crippen LogP contribution in [0.2, 0.25) is 5.02 Å². The zero-order valence-electron chi connectivity index (χ0n) is 15.4. The van der Waals surface area contributed by atoms with Gasteiger partial charge in [0.15, 0.2) is 0 Å². The number of hydrogen-bond donors (Lipinski definition) is 2. The van der Waals surface area contributed by atoms with Crippen molar-refractivity contribution in [1.29, 1.82) is 0 Å². The molecule has 1 saturated heterocycles. The molecule has 142 valence electrons. The second kappa shape index (κ2) is 8.91. The van der Waals surface area contributed by atoms with Crippen molar-refractivity contribution in [2.75, 3.05) is 11.9 Å². The molecule has 0 aromatic heterocycles. The number of nitrogens with one attached hydrogen (secondary N) is 2. The SMILES string of the molecule is CC1CCCN(Cc2ccc(NC(=O)NCc3ccc(Cl)cc3)cc2)C1=O. The summed E-state index contributed by atoms with van der Waals surface area (Å²) in [6, 6.07) is 14.7. The van der Waals surface area contributed by atoms with Gasteiger partial charge >= 0.3 is 6.03 Å². The molecule has 0 radical (unpaired) electrons. The van der Waals surface area contributed by atoms with Crippen LogP contribution < -0.4 is 10.6 Å². The molecule has 1 fully saturated rings. The van der Waals surface area contributed by atoms with Crippen molar-refractivity contribution in [2.24, 2.45) is 5.92 Å². The van der Waals surface area contributed by atoms with Gasteiger partial charge in [-0.1, -0.05) is 42.8 Å². The van der Waals surface area contributed by atoms with E-state index in [4.69, 9.17) is 11.6 Å². The Hall–Kier alpha value is -2.53. The van der Waals surface area contributed by atoms with Crippen molar-refractivity contribution < 1.29 is 9.59 Å². The molecule has 1 unspecified atom stereocenters. The number of rotatable bonds is 5. The van der Waals surface area contributed by atoms with E-state index in [1.165, 1.54) is 0 Å². The van der Waals surface area contributed by atoms with Crippen LogP contribution in [0.1, 0.15) is 30.9 Å². The number of likely N-dealkylation sites (tertiary alicyclic amines) is 1. The van der Waals surface area contributed by atoms with Gasteiger partial charge in [0, 0.05) is 36.3 Å². The van der Waals surface area contributed by atoms with E-state index in [2.05, 4.69) is 10.6 Å². The van der Waals surface area contributed by atoms with Crippen LogP contribution in [0.4, 0.5) is 10.5 Å². The zero-order valence-corrected chi connectivity index (χ0v) is 16.1. The summed E-state index contributed by atoms with van der Waals surface area (Å²) in [6.45, 7) is 3.85. The minimum Gasteiger partial charge on any atom is -0.338 e. The Labute approximate surface area is 164 Å². The number of amides is 3. The van der Waals surface area contributed by atoms with Gasteiger partial charge in [-0.2, -0.15) is 0 Å². The number of benzene rings is 2. The maximum Gasteiger partial charge on any atom is 0.319 e. The van der Waals surface area contributed by atoms with E-state index in [1.807, 2.05) is 48.2 Å². The van der Waals surface area contributed by atoms with Gasteiger partial charge in [-0.25, -0.2) is 4.79 Å². The number of carbonyl (C=O) groups is 2. The molecule has 5 nitrogen and oxygen atoms in total. The molecule has 1 heterocycles. The van der Waals surface area contributed by atoms with Gasteiger partial charge in [0.05, 0.1) is 0 Å².